The van der Waals surface area contributed by atoms with Gasteiger partial charge in [0.1, 0.15) is 5.75 Å². The van der Waals surface area contributed by atoms with Crippen LogP contribution in [0.5, 0.6) is 5.75 Å². The maximum Gasteiger partial charge on any atom is 0.144 e. The predicted octanol–water partition coefficient (Wildman–Crippen LogP) is 3.57. The number of aromatic hydroxyl groups is 1. The molecule has 1 aromatic carbocycles. The lowest BCUT2D eigenvalue weighted by Crippen LogP contribution is -2.45. The van der Waals surface area contributed by atoms with E-state index in [0.29, 0.717) is 11.6 Å². The topological polar surface area (TPSA) is 61.5 Å². The van der Waals surface area contributed by atoms with E-state index in [1.54, 1.807) is 6.07 Å². The van der Waals surface area contributed by atoms with Crippen LogP contribution in [-0.4, -0.2) is 36.2 Å². The SMILES string of the molecule is CC(C)C[C@@H](c1c(Br)ccc(N)c1O)N1CCNCC1.Cl.Cl. The summed E-state index contributed by atoms with van der Waals surface area (Å²) in [5.74, 6) is 0.783. The number of rotatable bonds is 4. The minimum atomic E-state index is 0. The molecule has 0 saturated carbocycles. The first-order valence-corrected chi connectivity index (χ1v) is 8.01. The second-order valence-corrected chi connectivity index (χ2v) is 6.68. The molecule has 7 heteroatoms. The number of hydrogen-bond donors (Lipinski definition) is 3. The number of benzene rings is 1. The van der Waals surface area contributed by atoms with Crippen LogP contribution in [0.2, 0.25) is 0 Å². The van der Waals surface area contributed by atoms with Crippen LogP contribution in [0.25, 0.3) is 0 Å². The number of nitrogens with one attached hydrogen (secondary N) is 1. The number of nitrogens with two attached hydrogens (primary N) is 1. The average molecular weight is 415 g/mol. The molecule has 0 spiro atoms. The first-order valence-electron chi connectivity index (χ1n) is 7.22. The van der Waals surface area contributed by atoms with Crippen molar-refractivity contribution in [1.82, 2.24) is 10.2 Å². The molecule has 1 aliphatic rings. The van der Waals surface area contributed by atoms with E-state index in [4.69, 9.17) is 5.73 Å². The van der Waals surface area contributed by atoms with E-state index < -0.39 is 0 Å². The van der Waals surface area contributed by atoms with Gasteiger partial charge in [0.2, 0.25) is 0 Å². The van der Waals surface area contributed by atoms with Crippen molar-refractivity contribution in [3.05, 3.63) is 22.2 Å². The van der Waals surface area contributed by atoms with Crippen LogP contribution in [0.3, 0.4) is 0 Å². The van der Waals surface area contributed by atoms with E-state index in [9.17, 15) is 5.11 Å². The molecule has 4 N–H and O–H groups in total. The Labute approximate surface area is 153 Å². The molecule has 1 heterocycles. The second-order valence-electron chi connectivity index (χ2n) is 5.83. The zero-order chi connectivity index (χ0) is 14.7. The summed E-state index contributed by atoms with van der Waals surface area (Å²) in [6.45, 7) is 8.42. The van der Waals surface area contributed by atoms with E-state index in [1.807, 2.05) is 6.07 Å². The van der Waals surface area contributed by atoms with E-state index >= 15 is 0 Å². The highest BCUT2D eigenvalue weighted by atomic mass is 79.9. The largest absolute Gasteiger partial charge is 0.505 e. The standard InChI is InChI=1S/C15H24BrN3O.2ClH/c1-10(2)9-13(19-7-5-18-6-8-19)14-11(16)3-4-12(17)15(14)20;;/h3-4,10,13,18,20H,5-9,17H2,1-2H3;2*1H/t13-;;/m0../s1. The zero-order valence-electron chi connectivity index (χ0n) is 13.0. The average Bonchev–Trinajstić information content (AvgIpc) is 2.43. The van der Waals surface area contributed by atoms with Crippen LogP contribution < -0.4 is 11.1 Å². The van der Waals surface area contributed by atoms with Crippen molar-refractivity contribution in [3.63, 3.8) is 0 Å². The molecule has 128 valence electrons. The summed E-state index contributed by atoms with van der Waals surface area (Å²) in [5, 5.41) is 13.8. The third-order valence-corrected chi connectivity index (χ3v) is 4.51. The zero-order valence-corrected chi connectivity index (χ0v) is 16.2. The summed E-state index contributed by atoms with van der Waals surface area (Å²) in [5.41, 5.74) is 7.27. The fourth-order valence-electron chi connectivity index (χ4n) is 2.81. The van der Waals surface area contributed by atoms with Gasteiger partial charge in [0.15, 0.2) is 0 Å². The first-order chi connectivity index (χ1) is 9.50. The van der Waals surface area contributed by atoms with Crippen molar-refractivity contribution in [2.45, 2.75) is 26.3 Å². The van der Waals surface area contributed by atoms with Gasteiger partial charge in [0, 0.05) is 42.3 Å². The van der Waals surface area contributed by atoms with Crippen molar-refractivity contribution in [2.24, 2.45) is 5.92 Å². The van der Waals surface area contributed by atoms with Gasteiger partial charge < -0.3 is 16.2 Å². The quantitative estimate of drug-likeness (QED) is 0.520. The monoisotopic (exact) mass is 413 g/mol. The Morgan fingerprint density at radius 3 is 2.41 bits per heavy atom. The minimum Gasteiger partial charge on any atom is -0.505 e. The van der Waals surface area contributed by atoms with Gasteiger partial charge in [-0.05, 0) is 24.5 Å². The lowest BCUT2D eigenvalue weighted by molar-refractivity contribution is 0.151. The number of hydrogen-bond acceptors (Lipinski definition) is 4. The Hall–Kier alpha value is -0.200. The molecule has 1 fully saturated rings. The van der Waals surface area contributed by atoms with Crippen LogP contribution in [0, 0.1) is 5.92 Å². The van der Waals surface area contributed by atoms with Crippen LogP contribution in [-0.2, 0) is 0 Å². The molecule has 0 unspecified atom stereocenters. The summed E-state index contributed by atoms with van der Waals surface area (Å²) < 4.78 is 0.938. The highest BCUT2D eigenvalue weighted by Gasteiger charge is 2.27. The number of piperazine rings is 1. The van der Waals surface area contributed by atoms with E-state index in [-0.39, 0.29) is 36.6 Å². The molecule has 1 saturated heterocycles. The molecule has 4 nitrogen and oxygen atoms in total. The molecule has 0 aliphatic carbocycles. The molecule has 22 heavy (non-hydrogen) atoms. The highest BCUT2D eigenvalue weighted by molar-refractivity contribution is 9.10. The predicted molar refractivity (Wildman–Crippen MR) is 101 cm³/mol. The molecule has 0 aromatic heterocycles. The summed E-state index contributed by atoms with van der Waals surface area (Å²) in [6, 6.07) is 3.88. The molecule has 2 rings (SSSR count). The molecule has 0 radical (unpaired) electrons. The summed E-state index contributed by atoms with van der Waals surface area (Å²) in [7, 11) is 0. The Morgan fingerprint density at radius 2 is 1.86 bits per heavy atom. The van der Waals surface area contributed by atoms with Gasteiger partial charge in [-0.15, -0.1) is 24.8 Å². The van der Waals surface area contributed by atoms with Crippen LogP contribution >= 0.6 is 40.7 Å². The van der Waals surface area contributed by atoms with Crippen molar-refractivity contribution in [2.75, 3.05) is 31.9 Å². The summed E-state index contributed by atoms with van der Waals surface area (Å²) >= 11 is 3.58. The molecule has 1 atom stereocenters. The van der Waals surface area contributed by atoms with Gasteiger partial charge in [0.25, 0.3) is 0 Å². The Morgan fingerprint density at radius 1 is 1.27 bits per heavy atom. The van der Waals surface area contributed by atoms with Crippen LogP contribution in [0.15, 0.2) is 16.6 Å². The summed E-state index contributed by atoms with van der Waals surface area (Å²) in [4.78, 5) is 2.44. The van der Waals surface area contributed by atoms with Gasteiger partial charge in [-0.2, -0.15) is 0 Å². The highest BCUT2D eigenvalue weighted by Crippen LogP contribution is 2.41. The third kappa shape index (κ3) is 5.17. The Bertz CT molecular complexity index is 468. The number of halogens is 3. The van der Waals surface area contributed by atoms with Crippen molar-refractivity contribution >= 4 is 46.4 Å². The number of phenolic OH excluding ortho intramolecular Hbond substituents is 1. The van der Waals surface area contributed by atoms with Gasteiger partial charge in [-0.1, -0.05) is 29.8 Å². The van der Waals surface area contributed by atoms with E-state index in [1.165, 1.54) is 0 Å². The molecule has 1 aliphatic heterocycles. The molecular formula is C15H26BrCl2N3O. The van der Waals surface area contributed by atoms with Gasteiger partial charge >= 0.3 is 0 Å². The Kier molecular flexibility index (Phi) is 9.74. The van der Waals surface area contributed by atoms with Crippen LogP contribution in [0.1, 0.15) is 31.9 Å². The number of phenols is 1. The maximum atomic E-state index is 10.4. The fourth-order valence-corrected chi connectivity index (χ4v) is 3.39. The van der Waals surface area contributed by atoms with Crippen molar-refractivity contribution < 1.29 is 5.11 Å². The second kappa shape index (κ2) is 9.83. The molecule has 0 bridgehead atoms. The van der Waals surface area contributed by atoms with Crippen molar-refractivity contribution in [1.29, 1.82) is 0 Å². The Balaban J connectivity index is 0.00000220. The lowest BCUT2D eigenvalue weighted by atomic mass is 9.94. The lowest BCUT2D eigenvalue weighted by Gasteiger charge is -2.37. The number of nitrogens with zero attached hydrogens (tertiary/aromatic N) is 1. The number of anilines is 1. The first kappa shape index (κ1) is 21.8. The van der Waals surface area contributed by atoms with Gasteiger partial charge in [-0.3, -0.25) is 4.90 Å². The van der Waals surface area contributed by atoms with Gasteiger partial charge in [-0.25, -0.2) is 0 Å². The molecule has 1 aromatic rings. The normalized spacial score (nSPS) is 16.7. The third-order valence-electron chi connectivity index (χ3n) is 3.82. The number of nitrogen functional groups attached to an aromatic ring is 1. The van der Waals surface area contributed by atoms with Crippen molar-refractivity contribution in [3.8, 4) is 5.75 Å². The van der Waals surface area contributed by atoms with Gasteiger partial charge in [0.05, 0.1) is 5.69 Å². The minimum absolute atomic E-state index is 0. The molecule has 0 amide bonds. The van der Waals surface area contributed by atoms with Crippen LogP contribution in [0.4, 0.5) is 5.69 Å². The molecular weight excluding hydrogens is 389 g/mol. The van der Waals surface area contributed by atoms with E-state index in [0.717, 1.165) is 42.6 Å². The van der Waals surface area contributed by atoms with E-state index in [2.05, 4.69) is 40.0 Å². The summed E-state index contributed by atoms with van der Waals surface area (Å²) in [6.07, 6.45) is 1.01. The smallest absolute Gasteiger partial charge is 0.144 e. The fraction of sp³-hybridized carbons (Fsp3) is 0.600. The maximum absolute atomic E-state index is 10.4.